The summed E-state index contributed by atoms with van der Waals surface area (Å²) in [7, 11) is 0. The smallest absolute Gasteiger partial charge is 0.386 e. The minimum absolute atomic E-state index is 0.00892. The Morgan fingerprint density at radius 1 is 1.19 bits per heavy atom. The molecule has 2 N–H and O–H groups in total. The summed E-state index contributed by atoms with van der Waals surface area (Å²) < 4.78 is 41.5. The first-order valence-electron chi connectivity index (χ1n) is 10.1. The van der Waals surface area contributed by atoms with E-state index in [0.29, 0.717) is 34.4 Å². The Morgan fingerprint density at radius 3 is 2.53 bits per heavy atom. The van der Waals surface area contributed by atoms with Gasteiger partial charge in [-0.1, -0.05) is 12.1 Å². The Hall–Kier alpha value is -3.38. The predicted octanol–water partition coefficient (Wildman–Crippen LogP) is 4.32. The fourth-order valence-corrected chi connectivity index (χ4v) is 4.06. The number of benzene rings is 2. The van der Waals surface area contributed by atoms with Crippen molar-refractivity contribution in [1.29, 1.82) is 5.26 Å². The molecular weight excluding hydrogens is 419 g/mol. The number of anilines is 2. The van der Waals surface area contributed by atoms with Gasteiger partial charge in [-0.05, 0) is 50.1 Å². The summed E-state index contributed by atoms with van der Waals surface area (Å²) in [6.07, 6.45) is -4.55. The van der Waals surface area contributed by atoms with Crippen LogP contribution in [0.2, 0.25) is 0 Å². The molecule has 2 aromatic carbocycles. The first-order chi connectivity index (χ1) is 15.0. The molecule has 0 bridgehead atoms. The van der Waals surface area contributed by atoms with Crippen LogP contribution in [-0.4, -0.2) is 34.0 Å². The molecule has 32 heavy (non-hydrogen) atoms. The van der Waals surface area contributed by atoms with Gasteiger partial charge in [0.2, 0.25) is 0 Å². The highest BCUT2D eigenvalue weighted by atomic mass is 19.4. The molecule has 1 fully saturated rings. The van der Waals surface area contributed by atoms with Crippen molar-refractivity contribution < 1.29 is 18.3 Å². The van der Waals surface area contributed by atoms with Gasteiger partial charge in [0.15, 0.2) is 5.82 Å². The number of halogens is 3. The maximum Gasteiger partial charge on any atom is 0.418 e. The number of β-amino-alcohol motifs (C(OH)–C–C–N with tert-alkyl or cyclic N) is 1. The van der Waals surface area contributed by atoms with E-state index in [-0.39, 0.29) is 18.8 Å². The van der Waals surface area contributed by atoms with Crippen LogP contribution in [0, 0.1) is 25.2 Å². The van der Waals surface area contributed by atoms with Crippen LogP contribution >= 0.6 is 0 Å². The van der Waals surface area contributed by atoms with Gasteiger partial charge in [0.25, 0.3) is 0 Å². The molecular formula is C23H22F3N5O. The Balaban J connectivity index is 1.78. The van der Waals surface area contributed by atoms with Crippen LogP contribution in [0.5, 0.6) is 0 Å². The molecule has 166 valence electrons. The van der Waals surface area contributed by atoms with Crippen LogP contribution in [0.3, 0.4) is 0 Å². The monoisotopic (exact) mass is 441 g/mol. The van der Waals surface area contributed by atoms with Gasteiger partial charge in [-0.25, -0.2) is 0 Å². The van der Waals surface area contributed by atoms with Crippen LogP contribution in [0.25, 0.3) is 10.8 Å². The van der Waals surface area contributed by atoms with Crippen LogP contribution in [0.15, 0.2) is 30.3 Å². The third-order valence-corrected chi connectivity index (χ3v) is 5.80. The van der Waals surface area contributed by atoms with Gasteiger partial charge in [-0.2, -0.15) is 23.5 Å². The lowest BCUT2D eigenvalue weighted by Gasteiger charge is -2.46. The molecule has 1 aromatic heterocycles. The van der Waals surface area contributed by atoms with Gasteiger partial charge in [-0.15, -0.1) is 5.10 Å². The molecule has 0 spiro atoms. The summed E-state index contributed by atoms with van der Waals surface area (Å²) >= 11 is 0. The molecule has 3 aromatic rings. The number of alkyl halides is 3. The molecule has 1 aliphatic rings. The second-order valence-electron chi connectivity index (χ2n) is 8.45. The molecule has 1 saturated heterocycles. The molecule has 0 amide bonds. The number of nitrogens with zero attached hydrogens (tertiary/aromatic N) is 4. The van der Waals surface area contributed by atoms with E-state index in [1.165, 1.54) is 11.0 Å². The second-order valence-corrected chi connectivity index (χ2v) is 8.45. The van der Waals surface area contributed by atoms with Crippen LogP contribution < -0.4 is 10.2 Å². The summed E-state index contributed by atoms with van der Waals surface area (Å²) in [5, 5.41) is 31.5. The molecule has 2 heterocycles. The minimum Gasteiger partial charge on any atom is -0.386 e. The molecule has 0 radical (unpaired) electrons. The van der Waals surface area contributed by atoms with Crippen molar-refractivity contribution >= 4 is 22.3 Å². The summed E-state index contributed by atoms with van der Waals surface area (Å²) in [4.78, 5) is 1.52. The quantitative estimate of drug-likeness (QED) is 0.627. The number of fused-ring (bicyclic) bond motifs is 1. The van der Waals surface area contributed by atoms with Crippen molar-refractivity contribution in [2.45, 2.75) is 39.1 Å². The van der Waals surface area contributed by atoms with Crippen LogP contribution in [0.4, 0.5) is 24.7 Å². The maximum atomic E-state index is 13.8. The van der Waals surface area contributed by atoms with E-state index < -0.39 is 17.3 Å². The average molecular weight is 441 g/mol. The Labute approximate surface area is 183 Å². The number of hydrogen-bond acceptors (Lipinski definition) is 6. The first-order valence-corrected chi connectivity index (χ1v) is 10.1. The number of nitrogens with one attached hydrogen (secondary N) is 1. The van der Waals surface area contributed by atoms with Gasteiger partial charge in [0, 0.05) is 36.1 Å². The molecule has 4 rings (SSSR count). The van der Waals surface area contributed by atoms with Crippen molar-refractivity contribution in [3.05, 3.63) is 58.3 Å². The topological polar surface area (TPSA) is 85.1 Å². The van der Waals surface area contributed by atoms with Gasteiger partial charge in [0.1, 0.15) is 0 Å². The zero-order chi connectivity index (χ0) is 23.3. The second kappa shape index (κ2) is 7.64. The maximum absolute atomic E-state index is 13.8. The zero-order valence-electron chi connectivity index (χ0n) is 17.9. The van der Waals surface area contributed by atoms with Gasteiger partial charge < -0.3 is 15.3 Å². The molecule has 6 nitrogen and oxygen atoms in total. The van der Waals surface area contributed by atoms with E-state index in [1.54, 1.807) is 26.0 Å². The fraction of sp³-hybridized carbons (Fsp3) is 0.348. The Bertz CT molecular complexity index is 1240. The highest BCUT2D eigenvalue weighted by molar-refractivity contribution is 5.96. The van der Waals surface area contributed by atoms with Crippen molar-refractivity contribution in [2.24, 2.45) is 0 Å². The molecule has 0 atom stereocenters. The highest BCUT2D eigenvalue weighted by Crippen LogP contribution is 2.43. The average Bonchev–Trinajstić information content (AvgIpc) is 2.71. The van der Waals surface area contributed by atoms with Gasteiger partial charge >= 0.3 is 6.18 Å². The van der Waals surface area contributed by atoms with Gasteiger partial charge in [-0.3, -0.25) is 0 Å². The Morgan fingerprint density at radius 2 is 1.91 bits per heavy atom. The SMILES string of the molecule is Cc1c(C#N)cccc1CNc1nnc(C)c2cc(C(F)(F)F)c(N3CC(C)(O)C3)cc12. The van der Waals surface area contributed by atoms with Crippen LogP contribution in [0.1, 0.15) is 34.9 Å². The van der Waals surface area contributed by atoms with E-state index in [1.807, 2.05) is 13.0 Å². The summed E-state index contributed by atoms with van der Waals surface area (Å²) in [5.74, 6) is 0.356. The molecule has 0 aliphatic carbocycles. The van der Waals surface area contributed by atoms with Gasteiger partial charge in [0.05, 0.1) is 28.5 Å². The number of hydrogen-bond donors (Lipinski definition) is 2. The lowest BCUT2D eigenvalue weighted by molar-refractivity contribution is -0.137. The van der Waals surface area contributed by atoms with Crippen LogP contribution in [-0.2, 0) is 12.7 Å². The van der Waals surface area contributed by atoms with E-state index in [9.17, 15) is 23.5 Å². The molecule has 0 unspecified atom stereocenters. The van der Waals surface area contributed by atoms with Crippen molar-refractivity contribution in [3.63, 3.8) is 0 Å². The number of nitriles is 1. The Kier molecular flexibility index (Phi) is 5.21. The molecule has 1 aliphatic heterocycles. The predicted molar refractivity (Wildman–Crippen MR) is 115 cm³/mol. The third-order valence-electron chi connectivity index (χ3n) is 5.80. The summed E-state index contributed by atoms with van der Waals surface area (Å²) in [6, 6.07) is 10.1. The first kappa shape index (κ1) is 21.8. The summed E-state index contributed by atoms with van der Waals surface area (Å²) in [6.45, 7) is 5.62. The summed E-state index contributed by atoms with van der Waals surface area (Å²) in [5.41, 5.74) is 0.885. The van der Waals surface area contributed by atoms with Crippen molar-refractivity contribution in [2.75, 3.05) is 23.3 Å². The number of aliphatic hydroxyl groups is 1. The fourth-order valence-electron chi connectivity index (χ4n) is 4.06. The van der Waals surface area contributed by atoms with Crippen molar-refractivity contribution in [3.8, 4) is 6.07 Å². The number of aryl methyl sites for hydroxylation is 1. The lowest BCUT2D eigenvalue weighted by Crippen LogP contribution is -2.60. The normalized spacial score (nSPS) is 15.4. The zero-order valence-corrected chi connectivity index (χ0v) is 17.9. The highest BCUT2D eigenvalue weighted by Gasteiger charge is 2.42. The minimum atomic E-state index is -4.55. The van der Waals surface area contributed by atoms with E-state index in [0.717, 1.165) is 17.2 Å². The lowest BCUT2D eigenvalue weighted by atomic mass is 9.93. The van der Waals surface area contributed by atoms with E-state index in [4.69, 9.17) is 0 Å². The molecule has 9 heteroatoms. The van der Waals surface area contributed by atoms with E-state index in [2.05, 4.69) is 21.6 Å². The standard InChI is InChI=1S/C23H22F3N5O/c1-13-15(9-27)5-4-6-16(13)10-28-21-18-8-20(31-11-22(3,32)12-31)19(23(24,25)26)7-17(18)14(2)29-30-21/h4-8,32H,10-12H2,1-3H3,(H,28,30). The van der Waals surface area contributed by atoms with E-state index >= 15 is 0 Å². The molecule has 0 saturated carbocycles. The number of aromatic nitrogens is 2. The number of rotatable bonds is 4. The van der Waals surface area contributed by atoms with Crippen molar-refractivity contribution in [1.82, 2.24) is 10.2 Å². The largest absolute Gasteiger partial charge is 0.418 e. The third kappa shape index (κ3) is 3.94.